The van der Waals surface area contributed by atoms with Crippen LogP contribution in [0.25, 0.3) is 0 Å². The molecule has 0 heterocycles. The second kappa shape index (κ2) is 7.70. The molecule has 1 aliphatic rings. The lowest BCUT2D eigenvalue weighted by Gasteiger charge is -2.19. The van der Waals surface area contributed by atoms with E-state index in [-0.39, 0.29) is 0 Å². The molecule has 0 aromatic carbocycles. The van der Waals surface area contributed by atoms with Gasteiger partial charge in [0.05, 0.1) is 19.0 Å². The predicted octanol–water partition coefficient (Wildman–Crippen LogP) is 3.56. The molecule has 16 heavy (non-hydrogen) atoms. The molecule has 0 amide bonds. The summed E-state index contributed by atoms with van der Waals surface area (Å²) in [5.74, 6) is 0. The van der Waals surface area contributed by atoms with E-state index >= 15 is 0 Å². The van der Waals surface area contributed by atoms with Gasteiger partial charge in [-0.15, -0.1) is 0 Å². The monoisotopic (exact) mass is 280 g/mol. The van der Waals surface area contributed by atoms with E-state index in [0.29, 0.717) is 6.04 Å². The molecule has 1 fully saturated rings. The minimum absolute atomic E-state index is 0.504. The Bertz CT molecular complexity index is 268. The van der Waals surface area contributed by atoms with Gasteiger partial charge in [0.2, 0.25) is 5.62 Å². The zero-order chi connectivity index (χ0) is 11.9. The average molecular weight is 280 g/mol. The van der Waals surface area contributed by atoms with Crippen LogP contribution in [-0.2, 0) is 16.3 Å². The molecule has 6 heteroatoms. The first-order valence-electron chi connectivity index (χ1n) is 5.80. The van der Waals surface area contributed by atoms with Crippen LogP contribution in [-0.4, -0.2) is 25.2 Å². The van der Waals surface area contributed by atoms with Crippen molar-refractivity contribution < 1.29 is 4.52 Å². The van der Waals surface area contributed by atoms with E-state index in [1.807, 2.05) is 6.26 Å². The Labute approximate surface area is 108 Å². The maximum Gasteiger partial charge on any atom is 0.210 e. The summed E-state index contributed by atoms with van der Waals surface area (Å²) in [6, 6.07) is 0.504. The molecule has 1 atom stereocenters. The molecule has 0 aliphatic heterocycles. The second-order valence-corrected chi connectivity index (χ2v) is 10.6. The van der Waals surface area contributed by atoms with Gasteiger partial charge in [0.1, 0.15) is 0 Å². The van der Waals surface area contributed by atoms with E-state index in [9.17, 15) is 0 Å². The number of nitrogens with zero attached hydrogens (tertiary/aromatic N) is 1. The molecule has 1 rings (SSSR count). The summed E-state index contributed by atoms with van der Waals surface area (Å²) in [5, 5.41) is 3.18. The van der Waals surface area contributed by atoms with Gasteiger partial charge in [-0.05, 0) is 37.3 Å². The van der Waals surface area contributed by atoms with Crippen LogP contribution in [0.4, 0.5) is 0 Å². The first kappa shape index (κ1) is 14.5. The van der Waals surface area contributed by atoms with Crippen LogP contribution in [0, 0.1) is 0 Å². The SMILES string of the molecule is CCCOP(=S)(NC=NC1CCCC1)SC. The van der Waals surface area contributed by atoms with Crippen LogP contribution in [0.1, 0.15) is 39.0 Å². The summed E-state index contributed by atoms with van der Waals surface area (Å²) in [4.78, 5) is 4.50. The van der Waals surface area contributed by atoms with Crippen LogP contribution >= 0.6 is 17.0 Å². The summed E-state index contributed by atoms with van der Waals surface area (Å²) in [5.41, 5.74) is -1.92. The molecular weight excluding hydrogens is 259 g/mol. The Morgan fingerprint density at radius 2 is 2.25 bits per heavy atom. The Kier molecular flexibility index (Phi) is 6.97. The largest absolute Gasteiger partial charge is 0.326 e. The van der Waals surface area contributed by atoms with Crippen molar-refractivity contribution in [3.63, 3.8) is 0 Å². The van der Waals surface area contributed by atoms with Gasteiger partial charge in [0.25, 0.3) is 0 Å². The Morgan fingerprint density at radius 3 is 2.81 bits per heavy atom. The highest BCUT2D eigenvalue weighted by atomic mass is 32.9. The topological polar surface area (TPSA) is 33.6 Å². The summed E-state index contributed by atoms with van der Waals surface area (Å²) in [6.45, 7) is 2.81. The maximum absolute atomic E-state index is 5.68. The van der Waals surface area contributed by atoms with Gasteiger partial charge in [-0.3, -0.25) is 4.99 Å². The third kappa shape index (κ3) is 5.17. The molecule has 0 spiro atoms. The number of aliphatic imine (C=N–C) groups is 1. The number of hydrogen-bond acceptors (Lipinski definition) is 4. The van der Waals surface area contributed by atoms with Gasteiger partial charge >= 0.3 is 0 Å². The van der Waals surface area contributed by atoms with E-state index in [1.165, 1.54) is 25.7 Å². The molecule has 0 aromatic heterocycles. The summed E-state index contributed by atoms with van der Waals surface area (Å²) >= 11 is 7.05. The van der Waals surface area contributed by atoms with Crippen molar-refractivity contribution in [1.82, 2.24) is 5.09 Å². The molecule has 1 N–H and O–H groups in total. The van der Waals surface area contributed by atoms with Crippen molar-refractivity contribution in [1.29, 1.82) is 0 Å². The third-order valence-electron chi connectivity index (χ3n) is 2.53. The Morgan fingerprint density at radius 1 is 1.56 bits per heavy atom. The fourth-order valence-corrected chi connectivity index (χ4v) is 3.90. The molecule has 1 saturated carbocycles. The van der Waals surface area contributed by atoms with Gasteiger partial charge in [0, 0.05) is 0 Å². The Hall–Kier alpha value is 0.430. The zero-order valence-corrected chi connectivity index (χ0v) is 12.5. The molecular formula is C10H21N2OPS2. The zero-order valence-electron chi connectivity index (χ0n) is 10.0. The van der Waals surface area contributed by atoms with Gasteiger partial charge in [0.15, 0.2) is 0 Å². The molecule has 94 valence electrons. The number of rotatable bonds is 7. The lowest BCUT2D eigenvalue weighted by atomic mass is 10.3. The van der Waals surface area contributed by atoms with E-state index in [0.717, 1.165) is 13.0 Å². The van der Waals surface area contributed by atoms with Crippen molar-refractivity contribution in [2.24, 2.45) is 4.99 Å². The third-order valence-corrected chi connectivity index (χ3v) is 8.02. The van der Waals surface area contributed by atoms with E-state index in [2.05, 4.69) is 17.0 Å². The quantitative estimate of drug-likeness (QED) is 0.439. The molecule has 3 nitrogen and oxygen atoms in total. The molecule has 0 saturated heterocycles. The van der Waals surface area contributed by atoms with Crippen molar-refractivity contribution in [2.75, 3.05) is 12.9 Å². The van der Waals surface area contributed by atoms with Gasteiger partial charge in [-0.2, -0.15) is 0 Å². The molecule has 0 aromatic rings. The lowest BCUT2D eigenvalue weighted by molar-refractivity contribution is 0.356. The molecule has 1 unspecified atom stereocenters. The van der Waals surface area contributed by atoms with Crippen LogP contribution < -0.4 is 5.09 Å². The van der Waals surface area contributed by atoms with Crippen LogP contribution in [0.15, 0.2) is 4.99 Å². The highest BCUT2D eigenvalue weighted by Crippen LogP contribution is 2.54. The molecule has 1 aliphatic carbocycles. The van der Waals surface area contributed by atoms with Gasteiger partial charge < -0.3 is 9.61 Å². The van der Waals surface area contributed by atoms with E-state index in [1.54, 1.807) is 17.7 Å². The molecule has 0 radical (unpaired) electrons. The van der Waals surface area contributed by atoms with Gasteiger partial charge in [-0.1, -0.05) is 31.1 Å². The summed E-state index contributed by atoms with van der Waals surface area (Å²) in [6.07, 6.45) is 9.83. The number of hydrogen-bond donors (Lipinski definition) is 1. The van der Waals surface area contributed by atoms with E-state index < -0.39 is 5.62 Å². The smallest absolute Gasteiger partial charge is 0.210 e. The summed E-state index contributed by atoms with van der Waals surface area (Å²) < 4.78 is 5.68. The van der Waals surface area contributed by atoms with Crippen molar-refractivity contribution in [3.05, 3.63) is 0 Å². The fraction of sp³-hybridized carbons (Fsp3) is 0.900. The normalized spacial score (nSPS) is 21.4. The predicted molar refractivity (Wildman–Crippen MR) is 77.9 cm³/mol. The average Bonchev–Trinajstić information content (AvgIpc) is 2.79. The standard InChI is InChI=1S/C10H21N2OPS2/c1-3-8-13-14(15,16-2)12-9-11-10-6-4-5-7-10/h9-10H,3-8H2,1-2H3,(H,11,12,15). The Balaban J connectivity index is 2.34. The minimum atomic E-state index is -1.92. The fourth-order valence-electron chi connectivity index (χ4n) is 1.62. The van der Waals surface area contributed by atoms with Crippen molar-refractivity contribution >= 4 is 35.1 Å². The van der Waals surface area contributed by atoms with E-state index in [4.69, 9.17) is 16.3 Å². The maximum atomic E-state index is 5.68. The highest BCUT2D eigenvalue weighted by Gasteiger charge is 2.15. The first-order valence-corrected chi connectivity index (χ1v) is 10.3. The second-order valence-electron chi connectivity index (χ2n) is 3.86. The van der Waals surface area contributed by atoms with Crippen LogP contribution in [0.2, 0.25) is 0 Å². The first-order chi connectivity index (χ1) is 7.70. The van der Waals surface area contributed by atoms with Crippen LogP contribution in [0.3, 0.4) is 0 Å². The highest BCUT2D eigenvalue weighted by molar-refractivity contribution is 8.68. The molecule has 0 bridgehead atoms. The number of nitrogens with one attached hydrogen (secondary N) is 1. The van der Waals surface area contributed by atoms with Gasteiger partial charge in [-0.25, -0.2) is 0 Å². The summed E-state index contributed by atoms with van der Waals surface area (Å²) in [7, 11) is 0. The van der Waals surface area contributed by atoms with Crippen LogP contribution in [0.5, 0.6) is 0 Å². The minimum Gasteiger partial charge on any atom is -0.326 e. The van der Waals surface area contributed by atoms with Crippen molar-refractivity contribution in [2.45, 2.75) is 45.1 Å². The lowest BCUT2D eigenvalue weighted by Crippen LogP contribution is -2.10. The van der Waals surface area contributed by atoms with Crippen molar-refractivity contribution in [3.8, 4) is 0 Å².